The van der Waals surface area contributed by atoms with Crippen LogP contribution in [0, 0.1) is 24.5 Å². The minimum Gasteiger partial charge on any atom is -0.477 e. The number of nitrogens with two attached hydrogens (primary N) is 1. The summed E-state index contributed by atoms with van der Waals surface area (Å²) in [6.07, 6.45) is 2.32. The van der Waals surface area contributed by atoms with E-state index in [2.05, 4.69) is 0 Å². The first-order valence-corrected chi connectivity index (χ1v) is 9.69. The number of aliphatic hydroxyl groups excluding tert-OH is 1. The molecule has 0 radical (unpaired) electrons. The lowest BCUT2D eigenvalue weighted by atomic mass is 9.93. The second-order valence-corrected chi connectivity index (χ2v) is 7.94. The molecule has 9 heteroatoms. The van der Waals surface area contributed by atoms with Gasteiger partial charge in [0.25, 0.3) is 0 Å². The smallest absolute Gasteiger partial charge is 0.341 e. The summed E-state index contributed by atoms with van der Waals surface area (Å²) < 4.78 is 32.5. The molecule has 4 N–H and O–H groups in total. The third kappa shape index (κ3) is 3.08. The van der Waals surface area contributed by atoms with Gasteiger partial charge in [-0.3, -0.25) is 4.79 Å². The maximum atomic E-state index is 15.7. The minimum absolute atomic E-state index is 0.0631. The molecule has 2 fully saturated rings. The molecule has 0 amide bonds. The van der Waals surface area contributed by atoms with E-state index >= 15 is 8.78 Å². The van der Waals surface area contributed by atoms with Crippen molar-refractivity contribution < 1.29 is 23.8 Å². The first-order chi connectivity index (χ1) is 13.8. The number of nitrogens with zero attached hydrogens (tertiary/aromatic N) is 2. The van der Waals surface area contributed by atoms with Crippen molar-refractivity contribution in [3.63, 3.8) is 0 Å². The highest BCUT2D eigenvalue weighted by Crippen LogP contribution is 2.41. The number of carboxylic acid groups (broad SMARTS) is 1. The second-order valence-electron chi connectivity index (χ2n) is 7.94. The van der Waals surface area contributed by atoms with Gasteiger partial charge >= 0.3 is 5.97 Å². The van der Waals surface area contributed by atoms with Crippen LogP contribution in [0.5, 0.6) is 0 Å². The first-order valence-electron chi connectivity index (χ1n) is 9.69. The molecular formula is C20H23F2N3O4. The summed E-state index contributed by atoms with van der Waals surface area (Å²) in [6, 6.07) is -0.122. The zero-order valence-corrected chi connectivity index (χ0v) is 16.0. The molecular weight excluding hydrogens is 384 g/mol. The summed E-state index contributed by atoms with van der Waals surface area (Å²) >= 11 is 0. The summed E-state index contributed by atoms with van der Waals surface area (Å²) in [7, 11) is 0. The van der Waals surface area contributed by atoms with Gasteiger partial charge in [0.1, 0.15) is 11.3 Å². The molecule has 1 aliphatic heterocycles. The molecule has 1 saturated heterocycles. The van der Waals surface area contributed by atoms with Crippen molar-refractivity contribution >= 4 is 22.6 Å². The SMILES string of the molecule is Cc1c(F)c(N2CCC(O)C(CN)C2)c(F)c2c1c(=O)c(C(=O)O)cn2C1CC1. The predicted octanol–water partition coefficient (Wildman–Crippen LogP) is 1.77. The van der Waals surface area contributed by atoms with E-state index in [1.165, 1.54) is 16.4 Å². The van der Waals surface area contributed by atoms with Crippen LogP contribution in [0.15, 0.2) is 11.0 Å². The Hall–Kier alpha value is -2.52. The Morgan fingerprint density at radius 2 is 1.97 bits per heavy atom. The highest BCUT2D eigenvalue weighted by Gasteiger charge is 2.35. The van der Waals surface area contributed by atoms with E-state index in [9.17, 15) is 19.8 Å². The Kier molecular flexibility index (Phi) is 4.82. The van der Waals surface area contributed by atoms with Gasteiger partial charge < -0.3 is 25.4 Å². The number of pyridine rings is 1. The number of aromatic carboxylic acids is 1. The lowest BCUT2D eigenvalue weighted by Crippen LogP contribution is -2.47. The van der Waals surface area contributed by atoms with Gasteiger partial charge in [-0.25, -0.2) is 13.6 Å². The second kappa shape index (κ2) is 7.07. The molecule has 29 heavy (non-hydrogen) atoms. The lowest BCUT2D eigenvalue weighted by Gasteiger charge is -2.37. The molecule has 1 aliphatic carbocycles. The van der Waals surface area contributed by atoms with Crippen molar-refractivity contribution in [2.24, 2.45) is 11.7 Å². The van der Waals surface area contributed by atoms with Crippen molar-refractivity contribution in [1.82, 2.24) is 4.57 Å². The van der Waals surface area contributed by atoms with Crippen LogP contribution in [0.4, 0.5) is 14.5 Å². The van der Waals surface area contributed by atoms with Gasteiger partial charge in [-0.15, -0.1) is 0 Å². The molecule has 2 atom stereocenters. The molecule has 4 rings (SSSR count). The van der Waals surface area contributed by atoms with Crippen LogP contribution in [0.2, 0.25) is 0 Å². The van der Waals surface area contributed by atoms with Crippen LogP contribution in [0.1, 0.15) is 41.2 Å². The molecule has 1 saturated carbocycles. The number of aromatic nitrogens is 1. The predicted molar refractivity (Wildman–Crippen MR) is 103 cm³/mol. The number of halogens is 2. The Balaban J connectivity index is 1.99. The zero-order valence-electron chi connectivity index (χ0n) is 16.0. The highest BCUT2D eigenvalue weighted by atomic mass is 19.1. The molecule has 7 nitrogen and oxygen atoms in total. The standard InChI is InChI=1S/C20H23F2N3O4/c1-9-14-17(25(11-2-3-11)8-12(19(14)27)20(28)29)16(22)18(15(9)21)24-5-4-13(26)10(6-23)7-24/h8,10-11,13,26H,2-7,23H2,1H3,(H,28,29). The molecule has 2 aromatic rings. The summed E-state index contributed by atoms with van der Waals surface area (Å²) in [6.45, 7) is 1.99. The van der Waals surface area contributed by atoms with Crippen molar-refractivity contribution in [3.8, 4) is 0 Å². The van der Waals surface area contributed by atoms with Crippen LogP contribution in [-0.4, -0.2) is 46.5 Å². The van der Waals surface area contributed by atoms with Gasteiger partial charge in [0.05, 0.1) is 17.0 Å². The molecule has 0 spiro atoms. The van der Waals surface area contributed by atoms with Gasteiger partial charge in [0.15, 0.2) is 11.6 Å². The normalized spacial score (nSPS) is 22.3. The fourth-order valence-electron chi connectivity index (χ4n) is 4.23. The van der Waals surface area contributed by atoms with Crippen LogP contribution in [0.3, 0.4) is 0 Å². The van der Waals surface area contributed by atoms with Gasteiger partial charge in [0, 0.05) is 36.8 Å². The largest absolute Gasteiger partial charge is 0.477 e. The minimum atomic E-state index is -1.42. The van der Waals surface area contributed by atoms with E-state index in [4.69, 9.17) is 5.73 Å². The summed E-state index contributed by atoms with van der Waals surface area (Å²) in [5, 5.41) is 19.2. The van der Waals surface area contributed by atoms with Crippen LogP contribution >= 0.6 is 0 Å². The summed E-state index contributed by atoms with van der Waals surface area (Å²) in [5.74, 6) is -3.51. The number of carboxylic acids is 1. The number of benzene rings is 1. The lowest BCUT2D eigenvalue weighted by molar-refractivity contribution is 0.0694. The molecule has 0 bridgehead atoms. The monoisotopic (exact) mass is 407 g/mol. The van der Waals surface area contributed by atoms with Gasteiger partial charge in [-0.1, -0.05) is 0 Å². The first kappa shape index (κ1) is 19.8. The Labute approximate surface area is 165 Å². The van der Waals surface area contributed by atoms with Gasteiger partial charge in [-0.2, -0.15) is 0 Å². The van der Waals surface area contributed by atoms with Crippen molar-refractivity contribution in [3.05, 3.63) is 39.2 Å². The number of piperidine rings is 1. The Morgan fingerprint density at radius 3 is 2.55 bits per heavy atom. The van der Waals surface area contributed by atoms with Crippen LogP contribution in [0.25, 0.3) is 10.9 Å². The molecule has 1 aromatic heterocycles. The molecule has 2 aliphatic rings. The number of aliphatic hydroxyl groups is 1. The van der Waals surface area contributed by atoms with Crippen molar-refractivity contribution in [2.75, 3.05) is 24.5 Å². The number of aryl methyl sites for hydroxylation is 1. The maximum Gasteiger partial charge on any atom is 0.341 e. The Morgan fingerprint density at radius 1 is 1.28 bits per heavy atom. The zero-order chi connectivity index (χ0) is 21.0. The van der Waals surface area contributed by atoms with E-state index in [0.717, 1.165) is 19.0 Å². The number of fused-ring (bicyclic) bond motifs is 1. The number of anilines is 1. The molecule has 156 valence electrons. The quantitative estimate of drug-likeness (QED) is 0.713. The molecule has 2 heterocycles. The van der Waals surface area contributed by atoms with Crippen LogP contribution < -0.4 is 16.1 Å². The van der Waals surface area contributed by atoms with E-state index in [0.29, 0.717) is 6.42 Å². The van der Waals surface area contributed by atoms with E-state index < -0.39 is 34.7 Å². The molecule has 1 aromatic carbocycles. The third-order valence-corrected chi connectivity index (χ3v) is 6.05. The Bertz CT molecular complexity index is 1060. The fraction of sp³-hybridized carbons (Fsp3) is 0.500. The fourth-order valence-corrected chi connectivity index (χ4v) is 4.23. The average molecular weight is 407 g/mol. The van der Waals surface area contributed by atoms with Crippen LogP contribution in [-0.2, 0) is 0 Å². The number of hydrogen-bond acceptors (Lipinski definition) is 5. The summed E-state index contributed by atoms with van der Waals surface area (Å²) in [5.41, 5.74) is 3.92. The van der Waals surface area contributed by atoms with Gasteiger partial charge in [-0.05, 0) is 32.7 Å². The van der Waals surface area contributed by atoms with Crippen molar-refractivity contribution in [1.29, 1.82) is 0 Å². The van der Waals surface area contributed by atoms with E-state index in [1.54, 1.807) is 0 Å². The van der Waals surface area contributed by atoms with Crippen molar-refractivity contribution in [2.45, 2.75) is 38.3 Å². The average Bonchev–Trinajstić information content (AvgIpc) is 3.52. The van der Waals surface area contributed by atoms with E-state index in [-0.39, 0.29) is 53.7 Å². The number of rotatable bonds is 4. The number of hydrogen-bond donors (Lipinski definition) is 3. The number of carbonyl (C=O) groups is 1. The summed E-state index contributed by atoms with van der Waals surface area (Å²) in [4.78, 5) is 25.8. The maximum absolute atomic E-state index is 15.7. The topological polar surface area (TPSA) is 109 Å². The third-order valence-electron chi connectivity index (χ3n) is 6.05. The highest BCUT2D eigenvalue weighted by molar-refractivity contribution is 5.95. The van der Waals surface area contributed by atoms with Gasteiger partial charge in [0.2, 0.25) is 5.43 Å². The molecule has 2 unspecified atom stereocenters. The van der Waals surface area contributed by atoms with E-state index in [1.807, 2.05) is 0 Å².